The SMILES string of the molecule is CCC(Cl)Cc1cncc(OC(C)C)n1. The van der Waals surface area contributed by atoms with Gasteiger partial charge in [-0.3, -0.25) is 4.98 Å². The second-order valence-corrected chi connectivity index (χ2v) is 4.34. The van der Waals surface area contributed by atoms with E-state index in [1.807, 2.05) is 13.8 Å². The molecule has 1 aromatic rings. The summed E-state index contributed by atoms with van der Waals surface area (Å²) in [5.41, 5.74) is 0.884. The van der Waals surface area contributed by atoms with E-state index in [0.717, 1.165) is 18.5 Å². The molecule has 0 fully saturated rings. The molecular weight excluding hydrogens is 212 g/mol. The summed E-state index contributed by atoms with van der Waals surface area (Å²) in [4.78, 5) is 8.41. The van der Waals surface area contributed by atoms with Gasteiger partial charge < -0.3 is 4.74 Å². The van der Waals surface area contributed by atoms with Crippen molar-refractivity contribution in [3.05, 3.63) is 18.1 Å². The highest BCUT2D eigenvalue weighted by atomic mass is 35.5. The van der Waals surface area contributed by atoms with E-state index in [-0.39, 0.29) is 11.5 Å². The molecule has 0 radical (unpaired) electrons. The maximum atomic E-state index is 6.05. The molecule has 3 nitrogen and oxygen atoms in total. The largest absolute Gasteiger partial charge is 0.474 e. The van der Waals surface area contributed by atoms with Crippen molar-refractivity contribution in [3.63, 3.8) is 0 Å². The molecular formula is C11H17ClN2O. The van der Waals surface area contributed by atoms with Gasteiger partial charge in [-0.05, 0) is 20.3 Å². The Balaban J connectivity index is 2.65. The fraction of sp³-hybridized carbons (Fsp3) is 0.636. The highest BCUT2D eigenvalue weighted by Crippen LogP contribution is 2.12. The van der Waals surface area contributed by atoms with Gasteiger partial charge in [-0.25, -0.2) is 4.98 Å². The van der Waals surface area contributed by atoms with Crippen LogP contribution < -0.4 is 4.74 Å². The minimum atomic E-state index is 0.118. The van der Waals surface area contributed by atoms with Gasteiger partial charge >= 0.3 is 0 Å². The van der Waals surface area contributed by atoms with Crippen LogP contribution in [0.25, 0.3) is 0 Å². The van der Waals surface area contributed by atoms with Crippen LogP contribution in [0.1, 0.15) is 32.9 Å². The lowest BCUT2D eigenvalue weighted by atomic mass is 10.2. The number of hydrogen-bond donors (Lipinski definition) is 0. The molecule has 0 aliphatic heterocycles. The number of alkyl halides is 1. The third kappa shape index (κ3) is 4.47. The normalized spacial score (nSPS) is 12.9. The standard InChI is InChI=1S/C11H17ClN2O/c1-4-9(12)5-10-6-13-7-11(14-10)15-8(2)3/h6-9H,4-5H2,1-3H3. The van der Waals surface area contributed by atoms with Crippen LogP contribution in [0.2, 0.25) is 0 Å². The highest BCUT2D eigenvalue weighted by molar-refractivity contribution is 6.20. The second kappa shape index (κ2) is 5.91. The molecule has 1 heterocycles. The Labute approximate surface area is 95.8 Å². The first-order valence-corrected chi connectivity index (χ1v) is 5.67. The number of halogens is 1. The Bertz CT molecular complexity index is 304. The minimum absolute atomic E-state index is 0.118. The van der Waals surface area contributed by atoms with Gasteiger partial charge in [0.05, 0.1) is 18.0 Å². The molecule has 0 aliphatic rings. The maximum absolute atomic E-state index is 6.05. The van der Waals surface area contributed by atoms with Crippen molar-refractivity contribution in [1.82, 2.24) is 9.97 Å². The zero-order valence-corrected chi connectivity index (χ0v) is 10.2. The van der Waals surface area contributed by atoms with Crippen LogP contribution in [0.15, 0.2) is 12.4 Å². The van der Waals surface area contributed by atoms with E-state index in [2.05, 4.69) is 16.9 Å². The lowest BCUT2D eigenvalue weighted by molar-refractivity contribution is 0.231. The van der Waals surface area contributed by atoms with Gasteiger partial charge in [-0.15, -0.1) is 11.6 Å². The van der Waals surface area contributed by atoms with Crippen molar-refractivity contribution in [2.75, 3.05) is 0 Å². The molecule has 0 saturated carbocycles. The Morgan fingerprint density at radius 3 is 2.73 bits per heavy atom. The van der Waals surface area contributed by atoms with Gasteiger partial charge in [0.25, 0.3) is 0 Å². The predicted octanol–water partition coefficient (Wildman–Crippen LogP) is 2.82. The summed E-state index contributed by atoms with van der Waals surface area (Å²) in [7, 11) is 0. The molecule has 0 amide bonds. The molecule has 4 heteroatoms. The highest BCUT2D eigenvalue weighted by Gasteiger charge is 2.06. The van der Waals surface area contributed by atoms with Gasteiger partial charge in [0.15, 0.2) is 0 Å². The molecule has 84 valence electrons. The molecule has 1 aromatic heterocycles. The van der Waals surface area contributed by atoms with Crippen LogP contribution in [-0.2, 0) is 6.42 Å². The molecule has 0 N–H and O–H groups in total. The van der Waals surface area contributed by atoms with Crippen molar-refractivity contribution >= 4 is 11.6 Å². The van der Waals surface area contributed by atoms with Crippen LogP contribution in [0.3, 0.4) is 0 Å². The number of ether oxygens (including phenoxy) is 1. The van der Waals surface area contributed by atoms with Crippen molar-refractivity contribution in [3.8, 4) is 5.88 Å². The summed E-state index contributed by atoms with van der Waals surface area (Å²) >= 11 is 6.05. The zero-order chi connectivity index (χ0) is 11.3. The lowest BCUT2D eigenvalue weighted by Crippen LogP contribution is -2.09. The molecule has 0 spiro atoms. The fourth-order valence-corrected chi connectivity index (χ4v) is 1.31. The van der Waals surface area contributed by atoms with Crippen LogP contribution in [-0.4, -0.2) is 21.4 Å². The molecule has 0 aromatic carbocycles. The van der Waals surface area contributed by atoms with Crippen LogP contribution in [0.4, 0.5) is 0 Å². The Hall–Kier alpha value is -0.830. The van der Waals surface area contributed by atoms with Crippen molar-refractivity contribution in [2.24, 2.45) is 0 Å². The van der Waals surface area contributed by atoms with E-state index in [1.54, 1.807) is 12.4 Å². The van der Waals surface area contributed by atoms with E-state index < -0.39 is 0 Å². The van der Waals surface area contributed by atoms with Crippen LogP contribution >= 0.6 is 11.6 Å². The van der Waals surface area contributed by atoms with Gasteiger partial charge in [-0.1, -0.05) is 6.92 Å². The van der Waals surface area contributed by atoms with E-state index in [4.69, 9.17) is 16.3 Å². The molecule has 0 bridgehead atoms. The monoisotopic (exact) mass is 228 g/mol. The van der Waals surface area contributed by atoms with Crippen molar-refractivity contribution in [2.45, 2.75) is 45.1 Å². The van der Waals surface area contributed by atoms with E-state index in [9.17, 15) is 0 Å². The first kappa shape index (κ1) is 12.2. The van der Waals surface area contributed by atoms with Crippen molar-refractivity contribution < 1.29 is 4.74 Å². The van der Waals surface area contributed by atoms with E-state index >= 15 is 0 Å². The first-order chi connectivity index (χ1) is 7.11. The predicted molar refractivity (Wildman–Crippen MR) is 61.4 cm³/mol. The lowest BCUT2D eigenvalue weighted by Gasteiger charge is -2.10. The van der Waals surface area contributed by atoms with Crippen LogP contribution in [0, 0.1) is 0 Å². The Kier molecular flexibility index (Phi) is 4.82. The molecule has 0 saturated heterocycles. The van der Waals surface area contributed by atoms with E-state index in [1.165, 1.54) is 0 Å². The number of hydrogen-bond acceptors (Lipinski definition) is 3. The summed E-state index contributed by atoms with van der Waals surface area (Å²) in [6.45, 7) is 5.98. The fourth-order valence-electron chi connectivity index (χ4n) is 1.15. The third-order valence-electron chi connectivity index (χ3n) is 1.89. The summed E-state index contributed by atoms with van der Waals surface area (Å²) in [5, 5.41) is 0.119. The number of aromatic nitrogens is 2. The van der Waals surface area contributed by atoms with E-state index in [0.29, 0.717) is 5.88 Å². The summed E-state index contributed by atoms with van der Waals surface area (Å²) < 4.78 is 5.45. The Morgan fingerprint density at radius 1 is 1.40 bits per heavy atom. The molecule has 0 aliphatic carbocycles. The molecule has 1 atom stereocenters. The smallest absolute Gasteiger partial charge is 0.232 e. The van der Waals surface area contributed by atoms with Gasteiger partial charge in [-0.2, -0.15) is 0 Å². The maximum Gasteiger partial charge on any atom is 0.232 e. The minimum Gasteiger partial charge on any atom is -0.474 e. The van der Waals surface area contributed by atoms with Gasteiger partial charge in [0, 0.05) is 18.0 Å². The molecule has 1 unspecified atom stereocenters. The van der Waals surface area contributed by atoms with Gasteiger partial charge in [0.2, 0.25) is 5.88 Å². The average Bonchev–Trinajstić information content (AvgIpc) is 2.17. The van der Waals surface area contributed by atoms with Crippen LogP contribution in [0.5, 0.6) is 5.88 Å². The quantitative estimate of drug-likeness (QED) is 0.727. The first-order valence-electron chi connectivity index (χ1n) is 5.23. The zero-order valence-electron chi connectivity index (χ0n) is 9.40. The third-order valence-corrected chi connectivity index (χ3v) is 2.36. The topological polar surface area (TPSA) is 35.0 Å². The van der Waals surface area contributed by atoms with Crippen molar-refractivity contribution in [1.29, 1.82) is 0 Å². The Morgan fingerprint density at radius 2 is 2.13 bits per heavy atom. The van der Waals surface area contributed by atoms with Gasteiger partial charge in [0.1, 0.15) is 0 Å². The number of rotatable bonds is 5. The molecule has 15 heavy (non-hydrogen) atoms. The number of nitrogens with zero attached hydrogens (tertiary/aromatic N) is 2. The second-order valence-electron chi connectivity index (χ2n) is 3.72. The summed E-state index contributed by atoms with van der Waals surface area (Å²) in [6.07, 6.45) is 5.14. The summed E-state index contributed by atoms with van der Waals surface area (Å²) in [6, 6.07) is 0. The average molecular weight is 229 g/mol. The summed E-state index contributed by atoms with van der Waals surface area (Å²) in [5.74, 6) is 0.572. The molecule has 1 rings (SSSR count).